The molecule has 0 aliphatic carbocycles. The first-order valence-corrected chi connectivity index (χ1v) is 16.4. The SMILES string of the molecule is Cc1cc(-c2ccc(Cl)cc2F)ccc1NC(=O)C(Cc1ccc(C(=O)NCCS(=O)(=O)O)cc1)c1ccc(C(C)(C)C)cc1. The van der Waals surface area contributed by atoms with Gasteiger partial charge in [0, 0.05) is 28.4 Å². The van der Waals surface area contributed by atoms with Crippen molar-refractivity contribution >= 4 is 39.2 Å². The van der Waals surface area contributed by atoms with Crippen LogP contribution in [0.25, 0.3) is 11.1 Å². The Morgan fingerprint density at radius 3 is 2.18 bits per heavy atom. The van der Waals surface area contributed by atoms with Gasteiger partial charge in [-0.2, -0.15) is 8.42 Å². The predicted octanol–water partition coefficient (Wildman–Crippen LogP) is 7.33. The molecule has 0 aliphatic heterocycles. The molecule has 0 radical (unpaired) electrons. The Bertz CT molecular complexity index is 1800. The summed E-state index contributed by atoms with van der Waals surface area (Å²) in [5.74, 6) is -2.28. The van der Waals surface area contributed by atoms with Crippen molar-refractivity contribution in [2.75, 3.05) is 17.6 Å². The molecule has 0 saturated carbocycles. The van der Waals surface area contributed by atoms with Crippen LogP contribution in [0.2, 0.25) is 5.02 Å². The normalized spacial score (nSPS) is 12.4. The lowest BCUT2D eigenvalue weighted by Gasteiger charge is -2.22. The fourth-order valence-corrected chi connectivity index (χ4v) is 5.43. The second kappa shape index (κ2) is 13.9. The van der Waals surface area contributed by atoms with Gasteiger partial charge in [-0.15, -0.1) is 0 Å². The number of nitrogens with one attached hydrogen (secondary N) is 2. The standard InChI is InChI=1S/C35H36ClFN2O5S/c1-22-19-26(29-15-14-28(36)21-31(29)37)11-16-32(22)39-34(41)30(24-9-12-27(13-10-24)35(2,3)4)20-23-5-7-25(8-6-23)33(40)38-17-18-45(42,43)44/h5-16,19,21,30H,17-18,20H2,1-4H3,(H,38,40)(H,39,41)(H,42,43,44). The average molecular weight is 651 g/mol. The van der Waals surface area contributed by atoms with Crippen LogP contribution < -0.4 is 10.6 Å². The minimum absolute atomic E-state index is 0.0591. The van der Waals surface area contributed by atoms with Crippen LogP contribution in [0, 0.1) is 12.7 Å². The third kappa shape index (κ3) is 9.23. The van der Waals surface area contributed by atoms with Crippen LogP contribution in [0.3, 0.4) is 0 Å². The number of hydrogen-bond donors (Lipinski definition) is 3. The molecular weight excluding hydrogens is 615 g/mol. The average Bonchev–Trinajstić information content (AvgIpc) is 2.96. The summed E-state index contributed by atoms with van der Waals surface area (Å²) in [6.07, 6.45) is 0.346. The van der Waals surface area contributed by atoms with Crippen molar-refractivity contribution in [1.29, 1.82) is 0 Å². The molecule has 0 saturated heterocycles. The molecule has 4 aromatic carbocycles. The molecule has 4 rings (SSSR count). The van der Waals surface area contributed by atoms with E-state index in [0.29, 0.717) is 33.8 Å². The Morgan fingerprint density at radius 1 is 0.933 bits per heavy atom. The molecule has 1 atom stereocenters. The summed E-state index contributed by atoms with van der Waals surface area (Å²) in [5.41, 5.74) is 5.47. The van der Waals surface area contributed by atoms with Crippen molar-refractivity contribution in [3.8, 4) is 11.1 Å². The Morgan fingerprint density at radius 2 is 1.60 bits per heavy atom. The van der Waals surface area contributed by atoms with Gasteiger partial charge in [0.25, 0.3) is 16.0 Å². The molecule has 4 aromatic rings. The van der Waals surface area contributed by atoms with Gasteiger partial charge in [0.15, 0.2) is 0 Å². The summed E-state index contributed by atoms with van der Waals surface area (Å²) in [4.78, 5) is 26.3. The number of rotatable bonds is 10. The third-order valence-corrected chi connectivity index (χ3v) is 8.48. The summed E-state index contributed by atoms with van der Waals surface area (Å²) in [6, 6.07) is 24.5. The molecule has 10 heteroatoms. The Hall–Kier alpha value is -4.05. The number of benzene rings is 4. The minimum Gasteiger partial charge on any atom is -0.351 e. The van der Waals surface area contributed by atoms with Gasteiger partial charge in [-0.3, -0.25) is 14.1 Å². The van der Waals surface area contributed by atoms with E-state index in [2.05, 4.69) is 31.4 Å². The van der Waals surface area contributed by atoms with E-state index < -0.39 is 33.5 Å². The van der Waals surface area contributed by atoms with Crippen LogP contribution in [0.4, 0.5) is 10.1 Å². The molecule has 2 amide bonds. The fraction of sp³-hybridized carbons (Fsp3) is 0.257. The highest BCUT2D eigenvalue weighted by Gasteiger charge is 2.24. The highest BCUT2D eigenvalue weighted by Crippen LogP contribution is 2.31. The third-order valence-electron chi connectivity index (χ3n) is 7.52. The maximum Gasteiger partial charge on any atom is 0.266 e. The second-order valence-corrected chi connectivity index (χ2v) is 14.0. The van der Waals surface area contributed by atoms with E-state index in [1.807, 2.05) is 37.3 Å². The summed E-state index contributed by atoms with van der Waals surface area (Å²) in [7, 11) is -4.18. The van der Waals surface area contributed by atoms with Crippen LogP contribution in [0.5, 0.6) is 0 Å². The van der Waals surface area contributed by atoms with E-state index in [1.165, 1.54) is 6.07 Å². The van der Waals surface area contributed by atoms with Crippen molar-refractivity contribution in [2.24, 2.45) is 0 Å². The van der Waals surface area contributed by atoms with Gasteiger partial charge in [-0.05, 0) is 89.0 Å². The number of amides is 2. The molecule has 0 spiro atoms. The predicted molar refractivity (Wildman–Crippen MR) is 177 cm³/mol. The maximum absolute atomic E-state index is 14.5. The number of halogens is 2. The molecule has 0 fully saturated rings. The van der Waals surface area contributed by atoms with Crippen LogP contribution in [0.1, 0.15) is 59.3 Å². The molecule has 0 aliphatic rings. The van der Waals surface area contributed by atoms with Crippen molar-refractivity contribution in [1.82, 2.24) is 5.32 Å². The minimum atomic E-state index is -4.18. The number of carbonyl (C=O) groups excluding carboxylic acids is 2. The van der Waals surface area contributed by atoms with Crippen LogP contribution in [-0.4, -0.2) is 37.1 Å². The molecular formula is C35H36ClFN2O5S. The quantitative estimate of drug-likeness (QED) is 0.156. The van der Waals surface area contributed by atoms with E-state index in [9.17, 15) is 22.4 Å². The molecule has 3 N–H and O–H groups in total. The lowest BCUT2D eigenvalue weighted by Crippen LogP contribution is -2.28. The molecule has 1 unspecified atom stereocenters. The Labute approximate surface area is 268 Å². The monoisotopic (exact) mass is 650 g/mol. The first kappa shape index (κ1) is 33.8. The van der Waals surface area contributed by atoms with Crippen LogP contribution >= 0.6 is 11.6 Å². The summed E-state index contributed by atoms with van der Waals surface area (Å²) < 4.78 is 45.3. The maximum atomic E-state index is 14.5. The lowest BCUT2D eigenvalue weighted by molar-refractivity contribution is -0.117. The fourth-order valence-electron chi connectivity index (χ4n) is 4.92. The van der Waals surface area contributed by atoms with Gasteiger partial charge in [0.2, 0.25) is 5.91 Å². The highest BCUT2D eigenvalue weighted by molar-refractivity contribution is 7.85. The van der Waals surface area contributed by atoms with Crippen molar-refractivity contribution in [2.45, 2.75) is 45.4 Å². The summed E-state index contributed by atoms with van der Waals surface area (Å²) >= 11 is 5.91. The van der Waals surface area contributed by atoms with E-state index in [0.717, 1.165) is 22.3 Å². The number of hydrogen-bond acceptors (Lipinski definition) is 4. The molecule has 236 valence electrons. The zero-order valence-corrected chi connectivity index (χ0v) is 27.1. The van der Waals surface area contributed by atoms with E-state index >= 15 is 0 Å². The molecule has 45 heavy (non-hydrogen) atoms. The smallest absolute Gasteiger partial charge is 0.266 e. The molecule has 7 nitrogen and oxygen atoms in total. The zero-order valence-electron chi connectivity index (χ0n) is 25.5. The van der Waals surface area contributed by atoms with E-state index in [-0.39, 0.29) is 17.9 Å². The van der Waals surface area contributed by atoms with Gasteiger partial charge >= 0.3 is 0 Å². The molecule has 0 heterocycles. The van der Waals surface area contributed by atoms with Gasteiger partial charge in [-0.1, -0.05) is 74.8 Å². The Kier molecular flexibility index (Phi) is 10.5. The van der Waals surface area contributed by atoms with Gasteiger partial charge in [0.1, 0.15) is 5.82 Å². The lowest BCUT2D eigenvalue weighted by atomic mass is 9.84. The highest BCUT2D eigenvalue weighted by atomic mass is 35.5. The Balaban J connectivity index is 1.56. The number of carbonyl (C=O) groups is 2. The van der Waals surface area contributed by atoms with Gasteiger partial charge < -0.3 is 10.6 Å². The second-order valence-electron chi connectivity index (χ2n) is 12.0. The first-order chi connectivity index (χ1) is 21.1. The van der Waals surface area contributed by atoms with Crippen LogP contribution in [-0.2, 0) is 26.7 Å². The molecule has 0 bridgehead atoms. The van der Waals surface area contributed by atoms with Crippen LogP contribution in [0.15, 0.2) is 84.9 Å². The summed E-state index contributed by atoms with van der Waals surface area (Å²) in [6.45, 7) is 7.99. The summed E-state index contributed by atoms with van der Waals surface area (Å²) in [5, 5.41) is 5.83. The van der Waals surface area contributed by atoms with Crippen molar-refractivity contribution < 1.29 is 27.0 Å². The van der Waals surface area contributed by atoms with Crippen molar-refractivity contribution in [3.63, 3.8) is 0 Å². The van der Waals surface area contributed by atoms with Gasteiger partial charge in [-0.25, -0.2) is 4.39 Å². The first-order valence-electron chi connectivity index (χ1n) is 14.4. The zero-order chi connectivity index (χ0) is 32.9. The topological polar surface area (TPSA) is 113 Å². The van der Waals surface area contributed by atoms with E-state index in [1.54, 1.807) is 48.5 Å². The van der Waals surface area contributed by atoms with Gasteiger partial charge in [0.05, 0.1) is 11.7 Å². The number of aryl methyl sites for hydroxylation is 1. The molecule has 0 aromatic heterocycles. The van der Waals surface area contributed by atoms with E-state index in [4.69, 9.17) is 16.2 Å². The number of anilines is 1. The van der Waals surface area contributed by atoms with Crippen molar-refractivity contribution in [3.05, 3.63) is 124 Å². The largest absolute Gasteiger partial charge is 0.351 e.